The van der Waals surface area contributed by atoms with Crippen LogP contribution in [0.15, 0.2) is 108 Å². The zero-order valence-corrected chi connectivity index (χ0v) is 60.4. The Labute approximate surface area is 589 Å². The van der Waals surface area contributed by atoms with Gasteiger partial charge in [0.1, 0.15) is 47.6 Å². The molecule has 3 aromatic rings. The van der Waals surface area contributed by atoms with Crippen molar-refractivity contribution in [1.29, 1.82) is 0 Å². The van der Waals surface area contributed by atoms with Crippen molar-refractivity contribution in [2.45, 2.75) is 132 Å². The Hall–Kier alpha value is 1.37. The first-order valence-corrected chi connectivity index (χ1v) is 32.9. The van der Waals surface area contributed by atoms with E-state index in [9.17, 15) is 52.6 Å². The van der Waals surface area contributed by atoms with Gasteiger partial charge in [0.05, 0.1) is 21.3 Å². The minimum atomic E-state index is -5.02. The zero-order valence-electron chi connectivity index (χ0n) is 45.9. The maximum atomic E-state index is 11.1. The van der Waals surface area contributed by atoms with Crippen LogP contribution < -0.4 is 168 Å². The molecule has 0 fully saturated rings. The van der Waals surface area contributed by atoms with Crippen molar-refractivity contribution in [3.8, 4) is 17.2 Å². The Balaban J connectivity index is -0.00000106. The number of ether oxygens (including phenoxy) is 3. The standard InChI is InChI=1S/3C16H25O7PS.3K/c3*1-13(10-11-14-7-5-8-15(12-14)23-2)6-3-4-9-16(24(17,18)19)25(20,21)22;;;/h3*5-8,12,16H,3-4,9-11H2,1-2H3,(H2,17,18,19)(H,20,21,22);;;/q;;;3*+1/p-3/b3*13-6+;;;. The molecule has 3 atom stereocenters. The molecule has 6 N–H and O–H groups in total. The number of benzene rings is 3. The summed E-state index contributed by atoms with van der Waals surface area (Å²) in [5.41, 5.74) is 6.64. The molecule has 0 radical (unpaired) electrons. The second-order valence-corrected chi connectivity index (χ2v) is 28.7. The number of allylic oxidation sites excluding steroid dienone is 6. The summed E-state index contributed by atoms with van der Waals surface area (Å²) in [5, 5.41) is 0. The fraction of sp³-hybridized carbons (Fsp3) is 0.500. The van der Waals surface area contributed by atoms with Crippen LogP contribution in [0.4, 0.5) is 0 Å². The molecular formula is C48H72K3O21P3S3. The summed E-state index contributed by atoms with van der Waals surface area (Å²) in [6.07, 6.45) is 11.5. The third-order valence-electron chi connectivity index (χ3n) is 11.4. The van der Waals surface area contributed by atoms with Gasteiger partial charge < -0.3 is 57.2 Å². The number of hydrogen-bond donors (Lipinski definition) is 6. The van der Waals surface area contributed by atoms with Crippen LogP contribution >= 0.6 is 22.8 Å². The van der Waals surface area contributed by atoms with Crippen molar-refractivity contribution >= 4 is 53.1 Å². The van der Waals surface area contributed by atoms with E-state index >= 15 is 0 Å². The number of hydrogen-bond acceptors (Lipinski definition) is 15. The van der Waals surface area contributed by atoms with Gasteiger partial charge in [-0.2, -0.15) is 0 Å². The Bertz CT molecular complexity index is 2530. The van der Waals surface area contributed by atoms with Crippen LogP contribution in [0.3, 0.4) is 0 Å². The van der Waals surface area contributed by atoms with Gasteiger partial charge in [-0.1, -0.05) is 71.3 Å². The van der Waals surface area contributed by atoms with Gasteiger partial charge in [-0.15, -0.1) is 0 Å². The van der Waals surface area contributed by atoms with Gasteiger partial charge in [0.15, 0.2) is 15.0 Å². The molecule has 30 heteroatoms. The van der Waals surface area contributed by atoms with Gasteiger partial charge in [-0.05, 0) is 170 Å². The van der Waals surface area contributed by atoms with Gasteiger partial charge in [0, 0.05) is 0 Å². The molecule has 3 unspecified atom stereocenters. The number of aryl methyl sites for hydroxylation is 3. The van der Waals surface area contributed by atoms with E-state index in [-0.39, 0.29) is 193 Å². The summed E-state index contributed by atoms with van der Waals surface area (Å²) in [6.45, 7) is 5.81. The van der Waals surface area contributed by atoms with Crippen LogP contribution in [0.2, 0.25) is 0 Å². The SMILES string of the molecule is COc1cccc(CC/C(C)=C/CCCC(P(=O)(O)O)S(=O)(=O)[O-])c1.COc1cccc(CC/C(C)=C/CCCC(P(=O)(O)O)S(=O)(=O)[O-])c1.COc1cccc(CC/C(C)=C/CCCC(P(=O)(O)O)S(=O)(=O)[O-])c1.[K+].[K+].[K+]. The molecule has 0 saturated heterocycles. The second kappa shape index (κ2) is 41.5. The first-order chi connectivity index (χ1) is 34.6. The summed E-state index contributed by atoms with van der Waals surface area (Å²) >= 11 is 0. The third kappa shape index (κ3) is 37.7. The van der Waals surface area contributed by atoms with Gasteiger partial charge in [0.25, 0.3) is 0 Å². The average molecular weight is 1290 g/mol. The average Bonchev–Trinajstić information content (AvgIpc) is 3.29. The van der Waals surface area contributed by atoms with Crippen molar-refractivity contribution in [2.75, 3.05) is 21.3 Å². The third-order valence-corrected chi connectivity index (χ3v) is 21.9. The molecule has 21 nitrogen and oxygen atoms in total. The van der Waals surface area contributed by atoms with E-state index in [1.807, 2.05) is 112 Å². The quantitative estimate of drug-likeness (QED) is 0.0159. The predicted molar refractivity (Wildman–Crippen MR) is 283 cm³/mol. The number of unbranched alkanes of at least 4 members (excludes halogenated alkanes) is 3. The summed E-state index contributed by atoms with van der Waals surface area (Å²) < 4.78 is 147. The van der Waals surface area contributed by atoms with Gasteiger partial charge >= 0.3 is 177 Å². The van der Waals surface area contributed by atoms with E-state index in [4.69, 9.17) is 43.6 Å². The van der Waals surface area contributed by atoms with Crippen LogP contribution in [0, 0.1) is 0 Å². The molecule has 0 aromatic heterocycles. The topological polar surface area (TPSA) is 372 Å². The van der Waals surface area contributed by atoms with Gasteiger partial charge in [-0.25, -0.2) is 25.3 Å². The van der Waals surface area contributed by atoms with Crippen molar-refractivity contribution in [2.24, 2.45) is 0 Å². The fourth-order valence-corrected chi connectivity index (χ4v) is 14.1. The molecule has 0 aliphatic carbocycles. The summed E-state index contributed by atoms with van der Waals surface area (Å²) in [7, 11) is -25.1. The van der Waals surface area contributed by atoms with Crippen molar-refractivity contribution in [3.63, 3.8) is 0 Å². The van der Waals surface area contributed by atoms with E-state index in [0.717, 1.165) is 89.2 Å². The number of rotatable bonds is 30. The van der Waals surface area contributed by atoms with Crippen LogP contribution in [-0.2, 0) is 63.3 Å². The fourth-order valence-electron chi connectivity index (χ4n) is 7.18. The van der Waals surface area contributed by atoms with Crippen LogP contribution in [0.25, 0.3) is 0 Å². The van der Waals surface area contributed by atoms with Crippen molar-refractivity contribution in [1.82, 2.24) is 0 Å². The Morgan fingerprint density at radius 3 is 0.859 bits per heavy atom. The Kier molecular flexibility index (Phi) is 44.4. The molecule has 78 heavy (non-hydrogen) atoms. The van der Waals surface area contributed by atoms with E-state index in [2.05, 4.69) is 0 Å². The van der Waals surface area contributed by atoms with Gasteiger partial charge in [-0.3, -0.25) is 13.7 Å². The molecule has 0 amide bonds. The van der Waals surface area contributed by atoms with Crippen LogP contribution in [0.5, 0.6) is 17.2 Å². The minimum absolute atomic E-state index is 0. The minimum Gasteiger partial charge on any atom is -0.747 e. The van der Waals surface area contributed by atoms with E-state index in [0.29, 0.717) is 19.3 Å². The van der Waals surface area contributed by atoms with Crippen molar-refractivity contribution in [3.05, 3.63) is 124 Å². The summed E-state index contributed by atoms with van der Waals surface area (Å²) in [6, 6.07) is 23.2. The molecule has 0 heterocycles. The molecule has 3 aromatic carbocycles. The zero-order chi connectivity index (χ0) is 57.3. The monoisotopic (exact) mass is 1290 g/mol. The molecule has 426 valence electrons. The molecule has 0 saturated carbocycles. The second-order valence-electron chi connectivity index (χ2n) is 17.6. The number of methoxy groups -OCH3 is 3. The Morgan fingerprint density at radius 1 is 0.462 bits per heavy atom. The summed E-state index contributed by atoms with van der Waals surface area (Å²) in [4.78, 5) is 47.4. The first kappa shape index (κ1) is 83.6. The molecule has 0 aliphatic heterocycles. The molecule has 0 bridgehead atoms. The maximum Gasteiger partial charge on any atom is 1.00 e. The molecule has 0 spiro atoms. The summed E-state index contributed by atoms with van der Waals surface area (Å²) in [5.74, 6) is 2.38. The smallest absolute Gasteiger partial charge is 0.747 e. The molecule has 3 rings (SSSR count). The first-order valence-electron chi connectivity index (χ1n) is 23.5. The molecular weight excluding hydrogens is 1220 g/mol. The predicted octanol–water partition coefficient (Wildman–Crippen LogP) is -0.608. The van der Waals surface area contributed by atoms with Gasteiger partial charge in [0.2, 0.25) is 0 Å². The maximum absolute atomic E-state index is 11.1. The largest absolute Gasteiger partial charge is 1.00 e. The van der Waals surface area contributed by atoms with E-state index in [1.165, 1.54) is 0 Å². The van der Waals surface area contributed by atoms with E-state index < -0.39 is 68.1 Å². The normalized spacial score (nSPS) is 13.8. The van der Waals surface area contributed by atoms with E-state index in [1.54, 1.807) is 21.3 Å². The van der Waals surface area contributed by atoms with Crippen LogP contribution in [-0.4, -0.2) is 105 Å². The Morgan fingerprint density at radius 2 is 0.679 bits per heavy atom. The van der Waals surface area contributed by atoms with Crippen molar-refractivity contribution < 1.29 is 250 Å². The van der Waals surface area contributed by atoms with Crippen LogP contribution in [0.1, 0.15) is 115 Å². The molecule has 0 aliphatic rings.